The number of hydrogen-bond acceptors (Lipinski definition) is 3. The van der Waals surface area contributed by atoms with E-state index in [0.717, 1.165) is 18.7 Å². The summed E-state index contributed by atoms with van der Waals surface area (Å²) in [7, 11) is 1.51. The van der Waals surface area contributed by atoms with Crippen LogP contribution in [0.4, 0.5) is 5.69 Å². The summed E-state index contributed by atoms with van der Waals surface area (Å²) in [6.07, 6.45) is 1.45. The zero-order valence-corrected chi connectivity index (χ0v) is 11.3. The zero-order chi connectivity index (χ0) is 14.5. The van der Waals surface area contributed by atoms with E-state index in [-0.39, 0.29) is 24.3 Å². The molecule has 0 spiro atoms. The lowest BCUT2D eigenvalue weighted by Gasteiger charge is -2.15. The maximum Gasteiger partial charge on any atom is 0.251 e. The second-order valence-corrected chi connectivity index (χ2v) is 4.55. The number of hydrogen-bond donors (Lipinski definition) is 2. The first-order valence-electron chi connectivity index (χ1n) is 6.51. The van der Waals surface area contributed by atoms with Gasteiger partial charge in [-0.15, -0.1) is 0 Å². The minimum absolute atomic E-state index is 0.0539. The Hall–Kier alpha value is -2.37. The van der Waals surface area contributed by atoms with Gasteiger partial charge in [0.05, 0.1) is 6.54 Å². The molecule has 0 aliphatic carbocycles. The standard InChI is InChI=1S/C14H17N3O3/c1-15-12(18)9-16-14(20)10-4-6-11(7-5-10)17-8-2-3-13(17)19/h4-7H,2-3,8-9H2,1H3,(H,15,18)(H,16,20). The van der Waals surface area contributed by atoms with Crippen molar-refractivity contribution >= 4 is 23.4 Å². The van der Waals surface area contributed by atoms with Crippen molar-refractivity contribution in [1.29, 1.82) is 0 Å². The molecule has 2 rings (SSSR count). The van der Waals surface area contributed by atoms with E-state index in [0.29, 0.717) is 12.0 Å². The van der Waals surface area contributed by atoms with E-state index >= 15 is 0 Å². The highest BCUT2D eigenvalue weighted by atomic mass is 16.2. The van der Waals surface area contributed by atoms with Crippen LogP contribution in [0.1, 0.15) is 23.2 Å². The fraction of sp³-hybridized carbons (Fsp3) is 0.357. The Labute approximate surface area is 117 Å². The van der Waals surface area contributed by atoms with Gasteiger partial charge in [0.1, 0.15) is 0 Å². The summed E-state index contributed by atoms with van der Waals surface area (Å²) in [6.45, 7) is 0.669. The highest BCUT2D eigenvalue weighted by Crippen LogP contribution is 2.21. The van der Waals surface area contributed by atoms with E-state index < -0.39 is 0 Å². The molecule has 1 aliphatic heterocycles. The number of anilines is 1. The summed E-state index contributed by atoms with van der Waals surface area (Å²) < 4.78 is 0. The largest absolute Gasteiger partial charge is 0.358 e. The summed E-state index contributed by atoms with van der Waals surface area (Å²) in [5, 5.41) is 4.94. The van der Waals surface area contributed by atoms with E-state index in [4.69, 9.17) is 0 Å². The van der Waals surface area contributed by atoms with E-state index in [1.165, 1.54) is 7.05 Å². The maximum absolute atomic E-state index is 11.8. The predicted octanol–water partition coefficient (Wildman–Crippen LogP) is 0.289. The van der Waals surface area contributed by atoms with Crippen LogP contribution in [0.15, 0.2) is 24.3 Å². The van der Waals surface area contributed by atoms with Gasteiger partial charge >= 0.3 is 0 Å². The summed E-state index contributed by atoms with van der Waals surface area (Å²) in [5.74, 6) is -0.452. The molecule has 2 N–H and O–H groups in total. The third-order valence-corrected chi connectivity index (χ3v) is 3.20. The number of amides is 3. The Morgan fingerprint density at radius 2 is 1.95 bits per heavy atom. The van der Waals surface area contributed by atoms with Gasteiger partial charge in [-0.3, -0.25) is 14.4 Å². The predicted molar refractivity (Wildman–Crippen MR) is 74.4 cm³/mol. The van der Waals surface area contributed by atoms with Gasteiger partial charge < -0.3 is 15.5 Å². The fourth-order valence-corrected chi connectivity index (χ4v) is 2.06. The van der Waals surface area contributed by atoms with Crippen LogP contribution in [-0.2, 0) is 9.59 Å². The zero-order valence-electron chi connectivity index (χ0n) is 11.3. The Kier molecular flexibility index (Phi) is 4.34. The molecule has 106 valence electrons. The Balaban J connectivity index is 1.99. The number of nitrogens with one attached hydrogen (secondary N) is 2. The summed E-state index contributed by atoms with van der Waals surface area (Å²) in [5.41, 5.74) is 1.26. The highest BCUT2D eigenvalue weighted by Gasteiger charge is 2.21. The van der Waals surface area contributed by atoms with Crippen molar-refractivity contribution in [3.8, 4) is 0 Å². The summed E-state index contributed by atoms with van der Waals surface area (Å²) in [4.78, 5) is 36.2. The first-order chi connectivity index (χ1) is 9.61. The normalized spacial score (nSPS) is 14.2. The number of nitrogens with zero attached hydrogens (tertiary/aromatic N) is 1. The average molecular weight is 275 g/mol. The first kappa shape index (κ1) is 14.0. The molecule has 0 atom stereocenters. The first-order valence-corrected chi connectivity index (χ1v) is 6.51. The van der Waals surface area contributed by atoms with Gasteiger partial charge in [-0.05, 0) is 30.7 Å². The molecular formula is C14H17N3O3. The molecule has 6 heteroatoms. The van der Waals surface area contributed by atoms with Crippen molar-refractivity contribution in [1.82, 2.24) is 10.6 Å². The van der Waals surface area contributed by atoms with Crippen molar-refractivity contribution < 1.29 is 14.4 Å². The lowest BCUT2D eigenvalue weighted by molar-refractivity contribution is -0.119. The second-order valence-electron chi connectivity index (χ2n) is 4.55. The Morgan fingerprint density at radius 1 is 1.25 bits per heavy atom. The molecule has 1 heterocycles. The second kappa shape index (κ2) is 6.18. The third-order valence-electron chi connectivity index (χ3n) is 3.20. The Morgan fingerprint density at radius 3 is 2.50 bits per heavy atom. The molecule has 1 fully saturated rings. The smallest absolute Gasteiger partial charge is 0.251 e. The molecule has 1 saturated heterocycles. The molecule has 0 radical (unpaired) electrons. The van der Waals surface area contributed by atoms with Gasteiger partial charge in [0.25, 0.3) is 5.91 Å². The summed E-state index contributed by atoms with van der Waals surface area (Å²) in [6, 6.07) is 6.80. The van der Waals surface area contributed by atoms with Crippen LogP contribution < -0.4 is 15.5 Å². The third kappa shape index (κ3) is 3.14. The molecule has 20 heavy (non-hydrogen) atoms. The van der Waals surface area contributed by atoms with Gasteiger partial charge in [0.2, 0.25) is 11.8 Å². The molecule has 3 amide bonds. The number of likely N-dealkylation sites (N-methyl/N-ethyl adjacent to an activating group) is 1. The van der Waals surface area contributed by atoms with Crippen LogP contribution in [0.5, 0.6) is 0 Å². The minimum atomic E-state index is -0.312. The topological polar surface area (TPSA) is 78.5 Å². The van der Waals surface area contributed by atoms with Crippen LogP contribution >= 0.6 is 0 Å². The molecule has 0 aromatic heterocycles. The lowest BCUT2D eigenvalue weighted by atomic mass is 10.2. The van der Waals surface area contributed by atoms with E-state index in [1.54, 1.807) is 29.2 Å². The lowest BCUT2D eigenvalue weighted by Crippen LogP contribution is -2.35. The van der Waals surface area contributed by atoms with E-state index in [1.807, 2.05) is 0 Å². The van der Waals surface area contributed by atoms with Crippen LogP contribution in [0, 0.1) is 0 Å². The number of carbonyl (C=O) groups excluding carboxylic acids is 3. The van der Waals surface area contributed by atoms with Gasteiger partial charge in [-0.25, -0.2) is 0 Å². The van der Waals surface area contributed by atoms with Crippen molar-refractivity contribution in [2.75, 3.05) is 25.0 Å². The van der Waals surface area contributed by atoms with Crippen LogP contribution in [0.25, 0.3) is 0 Å². The SMILES string of the molecule is CNC(=O)CNC(=O)c1ccc(N2CCCC2=O)cc1. The van der Waals surface area contributed by atoms with E-state index in [2.05, 4.69) is 10.6 Å². The number of rotatable bonds is 4. The molecular weight excluding hydrogens is 258 g/mol. The molecule has 0 unspecified atom stereocenters. The molecule has 0 bridgehead atoms. The molecule has 1 aromatic rings. The summed E-state index contributed by atoms with van der Waals surface area (Å²) >= 11 is 0. The number of benzene rings is 1. The quantitative estimate of drug-likeness (QED) is 0.829. The van der Waals surface area contributed by atoms with Crippen LogP contribution in [0.2, 0.25) is 0 Å². The van der Waals surface area contributed by atoms with Crippen molar-refractivity contribution in [2.24, 2.45) is 0 Å². The van der Waals surface area contributed by atoms with Gasteiger partial charge in [-0.1, -0.05) is 0 Å². The maximum atomic E-state index is 11.8. The van der Waals surface area contributed by atoms with E-state index in [9.17, 15) is 14.4 Å². The van der Waals surface area contributed by atoms with Crippen LogP contribution in [0.3, 0.4) is 0 Å². The van der Waals surface area contributed by atoms with Gasteiger partial charge in [-0.2, -0.15) is 0 Å². The molecule has 6 nitrogen and oxygen atoms in total. The highest BCUT2D eigenvalue weighted by molar-refractivity contribution is 5.98. The average Bonchev–Trinajstić information content (AvgIpc) is 2.90. The molecule has 1 aliphatic rings. The minimum Gasteiger partial charge on any atom is -0.358 e. The van der Waals surface area contributed by atoms with Gasteiger partial charge in [0.15, 0.2) is 0 Å². The molecule has 1 aromatic carbocycles. The number of carbonyl (C=O) groups is 3. The van der Waals surface area contributed by atoms with Crippen molar-refractivity contribution in [2.45, 2.75) is 12.8 Å². The molecule has 0 saturated carbocycles. The van der Waals surface area contributed by atoms with Crippen molar-refractivity contribution in [3.63, 3.8) is 0 Å². The van der Waals surface area contributed by atoms with Gasteiger partial charge in [0, 0.05) is 31.3 Å². The fourth-order valence-electron chi connectivity index (χ4n) is 2.06. The Bertz CT molecular complexity index is 525. The van der Waals surface area contributed by atoms with Crippen molar-refractivity contribution in [3.05, 3.63) is 29.8 Å². The van der Waals surface area contributed by atoms with Crippen LogP contribution in [-0.4, -0.2) is 37.9 Å². The monoisotopic (exact) mass is 275 g/mol.